The third kappa shape index (κ3) is 2.12. The molecular weight excluding hydrogens is 160 g/mol. The summed E-state index contributed by atoms with van der Waals surface area (Å²) in [5.41, 5.74) is 1.28. The van der Waals surface area contributed by atoms with Gasteiger partial charge in [0.05, 0.1) is 0 Å². The molecule has 0 spiro atoms. The molecule has 0 radical (unpaired) electrons. The van der Waals surface area contributed by atoms with Gasteiger partial charge in [0, 0.05) is 17.7 Å². The minimum Gasteiger partial charge on any atom is -0.0931 e. The number of rotatable bonds is 2. The molecule has 0 saturated carbocycles. The van der Waals surface area contributed by atoms with Gasteiger partial charge < -0.3 is 0 Å². The van der Waals surface area contributed by atoms with E-state index in [1.807, 2.05) is 12.2 Å². The number of thiocarbonyl (C=S) groups is 2. The van der Waals surface area contributed by atoms with E-state index in [0.717, 1.165) is 17.7 Å². The van der Waals surface area contributed by atoms with Crippen LogP contribution in [-0.2, 0) is 0 Å². The maximum atomic E-state index is 4.98. The molecule has 2 heteroatoms. The summed E-state index contributed by atoms with van der Waals surface area (Å²) in [5.74, 6) is 0. The Balaban J connectivity index is 2.58. The first-order valence-electron chi connectivity index (χ1n) is 3.16. The lowest BCUT2D eigenvalue weighted by Crippen LogP contribution is -1.93. The number of hydrogen-bond acceptors (Lipinski definition) is 2. The highest BCUT2D eigenvalue weighted by Gasteiger charge is 1.97. The molecule has 10 heavy (non-hydrogen) atoms. The Labute approximate surface area is 71.6 Å². The van der Waals surface area contributed by atoms with Gasteiger partial charge in [0.25, 0.3) is 0 Å². The molecule has 0 unspecified atom stereocenters. The normalized spacial score (nSPS) is 16.8. The van der Waals surface area contributed by atoms with Crippen molar-refractivity contribution in [3.63, 3.8) is 0 Å². The lowest BCUT2D eigenvalue weighted by molar-refractivity contribution is 1.32. The second kappa shape index (κ2) is 3.74. The monoisotopic (exact) mass is 168 g/mol. The predicted octanol–water partition coefficient (Wildman–Crippen LogP) is 2.63. The van der Waals surface area contributed by atoms with E-state index in [1.165, 1.54) is 5.57 Å². The Morgan fingerprint density at radius 2 is 2.30 bits per heavy atom. The van der Waals surface area contributed by atoms with Gasteiger partial charge in [-0.2, -0.15) is 0 Å². The first kappa shape index (κ1) is 7.76. The first-order valence-corrected chi connectivity index (χ1v) is 4.04. The summed E-state index contributed by atoms with van der Waals surface area (Å²) in [6.07, 6.45) is 7.93. The van der Waals surface area contributed by atoms with Gasteiger partial charge in [0.1, 0.15) is 0 Å². The summed E-state index contributed by atoms with van der Waals surface area (Å²) in [6, 6.07) is 0. The highest BCUT2D eigenvalue weighted by Crippen LogP contribution is 2.10. The van der Waals surface area contributed by atoms with Crippen molar-refractivity contribution in [1.82, 2.24) is 0 Å². The second-order valence-corrected chi connectivity index (χ2v) is 3.01. The Morgan fingerprint density at radius 3 is 2.80 bits per heavy atom. The smallest absolute Gasteiger partial charge is 0.0190 e. The van der Waals surface area contributed by atoms with Crippen LogP contribution in [0, 0.1) is 0 Å². The van der Waals surface area contributed by atoms with Crippen LogP contribution in [0.15, 0.2) is 23.8 Å². The van der Waals surface area contributed by atoms with Crippen molar-refractivity contribution >= 4 is 34.7 Å². The van der Waals surface area contributed by atoms with Gasteiger partial charge in [-0.25, -0.2) is 0 Å². The molecule has 0 aromatic carbocycles. The Bertz CT molecular complexity index is 211. The van der Waals surface area contributed by atoms with E-state index in [2.05, 4.69) is 6.08 Å². The fourth-order valence-corrected chi connectivity index (χ4v) is 1.16. The number of hydrogen-bond donors (Lipinski definition) is 0. The van der Waals surface area contributed by atoms with Crippen LogP contribution in [0.2, 0.25) is 0 Å². The molecule has 0 amide bonds. The molecule has 0 atom stereocenters. The molecule has 0 aromatic heterocycles. The van der Waals surface area contributed by atoms with Crippen LogP contribution in [0.1, 0.15) is 12.8 Å². The summed E-state index contributed by atoms with van der Waals surface area (Å²) < 4.78 is 0. The van der Waals surface area contributed by atoms with Crippen LogP contribution in [0.3, 0.4) is 0 Å². The van der Waals surface area contributed by atoms with Gasteiger partial charge in [0.15, 0.2) is 0 Å². The van der Waals surface area contributed by atoms with E-state index >= 15 is 0 Å². The molecule has 1 rings (SSSR count). The standard InChI is InChI=1S/C8H8S2/c9-6-5-7-1-3-8(10)4-2-7/h1-3,6H,4-5H2. The Morgan fingerprint density at radius 1 is 1.50 bits per heavy atom. The zero-order valence-electron chi connectivity index (χ0n) is 5.54. The van der Waals surface area contributed by atoms with Gasteiger partial charge >= 0.3 is 0 Å². The van der Waals surface area contributed by atoms with Crippen molar-refractivity contribution in [3.05, 3.63) is 23.8 Å². The molecule has 0 aliphatic heterocycles. The van der Waals surface area contributed by atoms with E-state index < -0.39 is 0 Å². The third-order valence-corrected chi connectivity index (χ3v) is 1.84. The molecule has 0 heterocycles. The van der Waals surface area contributed by atoms with E-state index in [0.29, 0.717) is 0 Å². The van der Waals surface area contributed by atoms with E-state index in [4.69, 9.17) is 24.4 Å². The quantitative estimate of drug-likeness (QED) is 0.581. The molecular formula is C8H8S2. The minimum absolute atomic E-state index is 0.883. The summed E-state index contributed by atoms with van der Waals surface area (Å²) in [5, 5.41) is 1.74. The van der Waals surface area contributed by atoms with Crippen LogP contribution >= 0.6 is 24.4 Å². The van der Waals surface area contributed by atoms with Gasteiger partial charge in [-0.15, -0.1) is 0 Å². The van der Waals surface area contributed by atoms with E-state index in [1.54, 1.807) is 5.37 Å². The lowest BCUT2D eigenvalue weighted by Gasteiger charge is -2.02. The summed E-state index contributed by atoms with van der Waals surface area (Å²) >= 11 is 9.70. The van der Waals surface area contributed by atoms with Crippen molar-refractivity contribution in [2.45, 2.75) is 12.8 Å². The van der Waals surface area contributed by atoms with Crippen LogP contribution in [0.4, 0.5) is 0 Å². The molecule has 0 N–H and O–H groups in total. The topological polar surface area (TPSA) is 0 Å². The minimum atomic E-state index is 0.883. The van der Waals surface area contributed by atoms with Crippen LogP contribution in [0.5, 0.6) is 0 Å². The lowest BCUT2D eigenvalue weighted by atomic mass is 10.1. The van der Waals surface area contributed by atoms with Gasteiger partial charge in [-0.3, -0.25) is 0 Å². The SMILES string of the molecule is S=CCC1=CCC(=S)C=C1. The average Bonchev–Trinajstić information content (AvgIpc) is 1.95. The van der Waals surface area contributed by atoms with Crippen LogP contribution in [0.25, 0.3) is 0 Å². The van der Waals surface area contributed by atoms with Crippen molar-refractivity contribution in [2.75, 3.05) is 0 Å². The van der Waals surface area contributed by atoms with Gasteiger partial charge in [-0.1, -0.05) is 36.6 Å². The Hall–Kier alpha value is -0.340. The molecule has 1 aliphatic rings. The van der Waals surface area contributed by atoms with Gasteiger partial charge in [-0.05, 0) is 17.0 Å². The molecule has 0 nitrogen and oxygen atoms in total. The number of allylic oxidation sites excluding steroid dienone is 4. The second-order valence-electron chi connectivity index (χ2n) is 2.15. The maximum Gasteiger partial charge on any atom is 0.0190 e. The predicted molar refractivity (Wildman–Crippen MR) is 52.7 cm³/mol. The zero-order chi connectivity index (χ0) is 7.40. The fraction of sp³-hybridized carbons (Fsp3) is 0.250. The summed E-state index contributed by atoms with van der Waals surface area (Å²) in [7, 11) is 0. The highest BCUT2D eigenvalue weighted by atomic mass is 32.1. The molecule has 0 fully saturated rings. The molecule has 1 aliphatic carbocycles. The fourth-order valence-electron chi connectivity index (χ4n) is 0.815. The van der Waals surface area contributed by atoms with Crippen molar-refractivity contribution in [3.8, 4) is 0 Å². The average molecular weight is 168 g/mol. The van der Waals surface area contributed by atoms with Crippen LogP contribution < -0.4 is 0 Å². The van der Waals surface area contributed by atoms with Crippen molar-refractivity contribution in [1.29, 1.82) is 0 Å². The van der Waals surface area contributed by atoms with E-state index in [9.17, 15) is 0 Å². The molecule has 0 saturated heterocycles. The van der Waals surface area contributed by atoms with Gasteiger partial charge in [0.2, 0.25) is 0 Å². The summed E-state index contributed by atoms with van der Waals surface area (Å²) in [6.45, 7) is 0. The van der Waals surface area contributed by atoms with Crippen molar-refractivity contribution in [2.24, 2.45) is 0 Å². The largest absolute Gasteiger partial charge is 0.0931 e. The first-order chi connectivity index (χ1) is 4.83. The van der Waals surface area contributed by atoms with E-state index in [-0.39, 0.29) is 0 Å². The Kier molecular flexibility index (Phi) is 2.90. The maximum absolute atomic E-state index is 4.98. The van der Waals surface area contributed by atoms with Crippen molar-refractivity contribution < 1.29 is 0 Å². The highest BCUT2D eigenvalue weighted by molar-refractivity contribution is 7.80. The van der Waals surface area contributed by atoms with Crippen LogP contribution in [-0.4, -0.2) is 10.2 Å². The molecule has 52 valence electrons. The third-order valence-electron chi connectivity index (χ3n) is 1.37. The molecule has 0 bridgehead atoms. The molecule has 0 aromatic rings. The summed E-state index contributed by atoms with van der Waals surface area (Å²) in [4.78, 5) is 1.01. The zero-order valence-corrected chi connectivity index (χ0v) is 7.17.